The van der Waals surface area contributed by atoms with Crippen LogP contribution in [-0.2, 0) is 21.2 Å². The summed E-state index contributed by atoms with van der Waals surface area (Å²) in [5.74, 6) is 0.747. The second-order valence-electron chi connectivity index (χ2n) is 7.66. The minimum absolute atomic E-state index is 0.193. The lowest BCUT2D eigenvalue weighted by molar-refractivity contribution is -0.130. The minimum atomic E-state index is -3.38. The first kappa shape index (κ1) is 20.3. The van der Waals surface area contributed by atoms with Crippen molar-refractivity contribution in [2.75, 3.05) is 39.8 Å². The van der Waals surface area contributed by atoms with E-state index >= 15 is 0 Å². The molecule has 0 aromatic heterocycles. The van der Waals surface area contributed by atoms with Crippen LogP contribution in [0.1, 0.15) is 37.7 Å². The molecule has 3 rings (SSSR count). The molecule has 0 saturated carbocycles. The molecule has 0 radical (unpaired) electrons. The smallest absolute Gasteiger partial charge is 0.243 e. The molecule has 1 aromatic carbocycles. The number of sulfonamides is 1. The van der Waals surface area contributed by atoms with Crippen molar-refractivity contribution in [3.05, 3.63) is 29.8 Å². The Morgan fingerprint density at radius 3 is 2.48 bits per heavy atom. The normalized spacial score (nSPS) is 21.5. The Bertz CT molecular complexity index is 727. The highest BCUT2D eigenvalue weighted by Crippen LogP contribution is 2.22. The van der Waals surface area contributed by atoms with Gasteiger partial charge in [0.2, 0.25) is 15.9 Å². The minimum Gasteiger partial charge on any atom is -0.342 e. The summed E-state index contributed by atoms with van der Waals surface area (Å²) < 4.78 is 27.0. The summed E-state index contributed by atoms with van der Waals surface area (Å²) >= 11 is 0. The van der Waals surface area contributed by atoms with Crippen LogP contribution >= 0.6 is 0 Å². The van der Waals surface area contributed by atoms with Gasteiger partial charge in [0.15, 0.2) is 0 Å². The average molecular weight is 394 g/mol. The predicted octanol–water partition coefficient (Wildman–Crippen LogP) is 1.86. The van der Waals surface area contributed by atoms with Crippen molar-refractivity contribution in [3.63, 3.8) is 0 Å². The number of benzene rings is 1. The zero-order chi connectivity index (χ0) is 19.3. The molecule has 2 heterocycles. The van der Waals surface area contributed by atoms with Crippen molar-refractivity contribution in [1.29, 1.82) is 0 Å². The van der Waals surface area contributed by atoms with Gasteiger partial charge in [-0.25, -0.2) is 8.42 Å². The van der Waals surface area contributed by atoms with Crippen molar-refractivity contribution >= 4 is 15.9 Å². The lowest BCUT2D eigenvalue weighted by Crippen LogP contribution is -2.35. The quantitative estimate of drug-likeness (QED) is 0.768. The molecular weight excluding hydrogens is 362 g/mol. The number of carbonyl (C=O) groups excluding carboxylic acids is 1. The third-order valence-corrected chi connectivity index (χ3v) is 7.55. The van der Waals surface area contributed by atoms with E-state index in [4.69, 9.17) is 0 Å². The van der Waals surface area contributed by atoms with E-state index in [0.29, 0.717) is 36.7 Å². The van der Waals surface area contributed by atoms with Crippen LogP contribution in [0.3, 0.4) is 0 Å². The van der Waals surface area contributed by atoms with Crippen molar-refractivity contribution < 1.29 is 13.2 Å². The van der Waals surface area contributed by atoms with Crippen LogP contribution in [0.2, 0.25) is 0 Å². The summed E-state index contributed by atoms with van der Waals surface area (Å²) in [6, 6.07) is 7.06. The Labute approximate surface area is 163 Å². The maximum atomic E-state index is 12.7. The standard InChI is InChI=1S/C20H31N3O3S/c1-21-15-18-11-14-22(16-18)20(24)10-7-17-5-8-19(9-6-17)27(25,26)23-12-3-2-4-13-23/h5-6,8-9,18,21H,2-4,7,10-16H2,1H3. The summed E-state index contributed by atoms with van der Waals surface area (Å²) in [7, 11) is -1.44. The van der Waals surface area contributed by atoms with Crippen LogP contribution < -0.4 is 5.32 Å². The number of amides is 1. The van der Waals surface area contributed by atoms with Crippen molar-refractivity contribution in [2.24, 2.45) is 5.92 Å². The molecule has 2 aliphatic heterocycles. The molecule has 1 atom stereocenters. The van der Waals surface area contributed by atoms with E-state index in [1.54, 1.807) is 16.4 Å². The Kier molecular flexibility index (Phi) is 6.89. The summed E-state index contributed by atoms with van der Waals surface area (Å²) in [4.78, 5) is 14.7. The van der Waals surface area contributed by atoms with Crippen molar-refractivity contribution in [3.8, 4) is 0 Å². The molecule has 2 fully saturated rings. The highest BCUT2D eigenvalue weighted by atomic mass is 32.2. The lowest BCUT2D eigenvalue weighted by Gasteiger charge is -2.25. The second kappa shape index (κ2) is 9.17. The van der Waals surface area contributed by atoms with Crippen LogP contribution in [0.15, 0.2) is 29.2 Å². The molecule has 1 unspecified atom stereocenters. The molecule has 7 heteroatoms. The monoisotopic (exact) mass is 393 g/mol. The Hall–Kier alpha value is -1.44. The van der Waals surface area contributed by atoms with Gasteiger partial charge in [0.25, 0.3) is 0 Å². The van der Waals surface area contributed by atoms with Gasteiger partial charge in [0, 0.05) is 32.6 Å². The first-order chi connectivity index (χ1) is 13.0. The fourth-order valence-electron chi connectivity index (χ4n) is 4.01. The molecule has 0 aliphatic carbocycles. The van der Waals surface area contributed by atoms with E-state index in [-0.39, 0.29) is 5.91 Å². The van der Waals surface area contributed by atoms with Gasteiger partial charge in [-0.1, -0.05) is 18.6 Å². The van der Waals surface area contributed by atoms with Gasteiger partial charge in [-0.15, -0.1) is 0 Å². The zero-order valence-electron chi connectivity index (χ0n) is 16.2. The van der Waals surface area contributed by atoms with Gasteiger partial charge in [0.1, 0.15) is 0 Å². The number of carbonyl (C=O) groups is 1. The summed E-state index contributed by atoms with van der Waals surface area (Å²) in [5.41, 5.74) is 1.01. The molecule has 1 aromatic rings. The first-order valence-corrected chi connectivity index (χ1v) is 11.5. The molecule has 1 N–H and O–H groups in total. The van der Waals surface area contributed by atoms with Crippen LogP contribution in [0, 0.1) is 5.92 Å². The number of aryl methyl sites for hydroxylation is 1. The zero-order valence-corrected chi connectivity index (χ0v) is 17.0. The van der Waals surface area contributed by atoms with Crippen molar-refractivity contribution in [2.45, 2.75) is 43.4 Å². The summed E-state index contributed by atoms with van der Waals surface area (Å²) in [5, 5.41) is 3.18. The average Bonchev–Trinajstić information content (AvgIpc) is 3.16. The van der Waals surface area contributed by atoms with Gasteiger partial charge < -0.3 is 10.2 Å². The molecule has 1 amide bonds. The van der Waals surface area contributed by atoms with Gasteiger partial charge in [-0.3, -0.25) is 4.79 Å². The van der Waals surface area contributed by atoms with Gasteiger partial charge in [-0.2, -0.15) is 4.31 Å². The number of piperidine rings is 1. The molecule has 2 aliphatic rings. The summed E-state index contributed by atoms with van der Waals surface area (Å²) in [6.07, 6.45) is 5.16. The lowest BCUT2D eigenvalue weighted by atomic mass is 10.1. The number of likely N-dealkylation sites (tertiary alicyclic amines) is 1. The number of hydrogen-bond acceptors (Lipinski definition) is 4. The largest absolute Gasteiger partial charge is 0.342 e. The molecule has 27 heavy (non-hydrogen) atoms. The van der Waals surface area contributed by atoms with Gasteiger partial charge in [0.05, 0.1) is 4.90 Å². The van der Waals surface area contributed by atoms with E-state index in [1.807, 2.05) is 24.1 Å². The molecule has 6 nitrogen and oxygen atoms in total. The Morgan fingerprint density at radius 1 is 1.11 bits per heavy atom. The van der Waals surface area contributed by atoms with E-state index in [1.165, 1.54) is 0 Å². The highest BCUT2D eigenvalue weighted by molar-refractivity contribution is 7.89. The molecule has 150 valence electrons. The van der Waals surface area contributed by atoms with E-state index in [0.717, 1.165) is 50.9 Å². The van der Waals surface area contributed by atoms with E-state index in [2.05, 4.69) is 5.32 Å². The molecule has 0 spiro atoms. The second-order valence-corrected chi connectivity index (χ2v) is 9.60. The van der Waals surface area contributed by atoms with Crippen LogP contribution in [-0.4, -0.2) is 63.3 Å². The maximum absolute atomic E-state index is 12.7. The number of rotatable bonds is 7. The predicted molar refractivity (Wildman–Crippen MR) is 106 cm³/mol. The SMILES string of the molecule is CNCC1CCN(C(=O)CCc2ccc(S(=O)(=O)N3CCCCC3)cc2)C1. The van der Waals surface area contributed by atoms with Crippen molar-refractivity contribution in [1.82, 2.24) is 14.5 Å². The number of hydrogen-bond donors (Lipinski definition) is 1. The van der Waals surface area contributed by atoms with Gasteiger partial charge >= 0.3 is 0 Å². The number of nitrogens with one attached hydrogen (secondary N) is 1. The van der Waals surface area contributed by atoms with Crippen LogP contribution in [0.4, 0.5) is 0 Å². The van der Waals surface area contributed by atoms with Crippen LogP contribution in [0.25, 0.3) is 0 Å². The third kappa shape index (κ3) is 5.09. The topological polar surface area (TPSA) is 69.7 Å². The molecule has 0 bridgehead atoms. The fourth-order valence-corrected chi connectivity index (χ4v) is 5.52. The maximum Gasteiger partial charge on any atom is 0.243 e. The van der Waals surface area contributed by atoms with Gasteiger partial charge in [-0.05, 0) is 62.9 Å². The van der Waals surface area contributed by atoms with Crippen LogP contribution in [0.5, 0.6) is 0 Å². The molecule has 2 saturated heterocycles. The first-order valence-electron chi connectivity index (χ1n) is 10.0. The fraction of sp³-hybridized carbons (Fsp3) is 0.650. The number of nitrogens with zero attached hydrogens (tertiary/aromatic N) is 2. The van der Waals surface area contributed by atoms with E-state index in [9.17, 15) is 13.2 Å². The summed E-state index contributed by atoms with van der Waals surface area (Å²) in [6.45, 7) is 3.87. The Morgan fingerprint density at radius 2 is 1.81 bits per heavy atom. The Balaban J connectivity index is 1.53. The van der Waals surface area contributed by atoms with E-state index < -0.39 is 10.0 Å². The highest BCUT2D eigenvalue weighted by Gasteiger charge is 2.26. The molecular formula is C20H31N3O3S. The third-order valence-electron chi connectivity index (χ3n) is 5.64.